The molecule has 0 spiro atoms. The van der Waals surface area contributed by atoms with Crippen molar-refractivity contribution in [1.29, 1.82) is 0 Å². The molecule has 0 saturated heterocycles. The number of benzene rings is 2. The van der Waals surface area contributed by atoms with Crippen LogP contribution in [0.1, 0.15) is 43.9 Å². The van der Waals surface area contributed by atoms with Crippen LogP contribution in [0.2, 0.25) is 0 Å². The van der Waals surface area contributed by atoms with E-state index in [2.05, 4.69) is 37.1 Å². The fourth-order valence-electron chi connectivity index (χ4n) is 3.05. The third kappa shape index (κ3) is 9.05. The van der Waals surface area contributed by atoms with Crippen molar-refractivity contribution < 1.29 is 23.9 Å². The number of hydrogen-bond donors (Lipinski definition) is 3. The summed E-state index contributed by atoms with van der Waals surface area (Å²) in [6.45, 7) is 9.59. The van der Waals surface area contributed by atoms with Crippen molar-refractivity contribution in [3.05, 3.63) is 51.5 Å². The van der Waals surface area contributed by atoms with E-state index in [4.69, 9.17) is 9.47 Å². The topological polar surface area (TPSA) is 118 Å². The van der Waals surface area contributed by atoms with E-state index in [1.54, 1.807) is 19.1 Å². The first-order valence-corrected chi connectivity index (χ1v) is 12.0. The first-order valence-electron chi connectivity index (χ1n) is 11.2. The van der Waals surface area contributed by atoms with Crippen molar-refractivity contribution in [1.82, 2.24) is 10.7 Å². The average molecular weight is 547 g/mol. The molecule has 188 valence electrons. The van der Waals surface area contributed by atoms with Crippen LogP contribution in [0, 0.1) is 13.8 Å². The monoisotopic (exact) mass is 546 g/mol. The minimum absolute atomic E-state index is 0.113. The molecular formula is C25H31BrN4O5. The number of halogens is 1. The minimum atomic E-state index is -0.861. The Kier molecular flexibility index (Phi) is 10.7. The standard InChI is InChI=1S/C25H31BrN4O5/c1-6-17(5)28-24(32)25(33)30-27-13-18-11-20(26)23(21(12-18)34-7-2)35-14-22(31)29-19-9-15(3)8-16(4)10-19/h8-13,17H,6-7,14H2,1-5H3,(H,28,32)(H,29,31)(H,30,33)/b27-13-/t17-/m0/s1. The summed E-state index contributed by atoms with van der Waals surface area (Å²) in [5.74, 6) is -1.18. The number of ether oxygens (including phenoxy) is 2. The lowest BCUT2D eigenvalue weighted by Gasteiger charge is -2.15. The number of aryl methyl sites for hydroxylation is 2. The number of hydrogen-bond acceptors (Lipinski definition) is 6. The molecule has 2 rings (SSSR count). The Hall–Kier alpha value is -3.40. The van der Waals surface area contributed by atoms with Crippen LogP contribution in [-0.2, 0) is 14.4 Å². The fourth-order valence-corrected chi connectivity index (χ4v) is 3.63. The molecule has 2 aromatic carbocycles. The zero-order chi connectivity index (χ0) is 26.0. The number of carbonyl (C=O) groups is 3. The zero-order valence-electron chi connectivity index (χ0n) is 20.5. The van der Waals surface area contributed by atoms with Gasteiger partial charge >= 0.3 is 11.8 Å². The first-order chi connectivity index (χ1) is 16.6. The summed E-state index contributed by atoms with van der Waals surface area (Å²) in [6, 6.07) is 9.02. The number of hydrazone groups is 1. The maximum Gasteiger partial charge on any atom is 0.329 e. The molecule has 0 aromatic heterocycles. The summed E-state index contributed by atoms with van der Waals surface area (Å²) in [7, 11) is 0. The molecule has 35 heavy (non-hydrogen) atoms. The van der Waals surface area contributed by atoms with Crippen LogP contribution in [0.4, 0.5) is 5.69 Å². The highest BCUT2D eigenvalue weighted by atomic mass is 79.9. The quantitative estimate of drug-likeness (QED) is 0.237. The van der Waals surface area contributed by atoms with Gasteiger partial charge in [0, 0.05) is 11.7 Å². The smallest absolute Gasteiger partial charge is 0.329 e. The summed E-state index contributed by atoms with van der Waals surface area (Å²) < 4.78 is 11.9. The summed E-state index contributed by atoms with van der Waals surface area (Å²) >= 11 is 3.43. The second-order valence-corrected chi connectivity index (χ2v) is 8.81. The SMILES string of the molecule is CCOc1cc(/C=N\NC(=O)C(=O)N[C@@H](C)CC)cc(Br)c1OCC(=O)Nc1cc(C)cc(C)c1. The molecule has 0 heterocycles. The summed E-state index contributed by atoms with van der Waals surface area (Å²) in [4.78, 5) is 36.1. The second-order valence-electron chi connectivity index (χ2n) is 7.96. The molecule has 9 nitrogen and oxygen atoms in total. The molecule has 1 atom stereocenters. The Balaban J connectivity index is 2.05. The van der Waals surface area contributed by atoms with E-state index in [1.807, 2.05) is 45.9 Å². The van der Waals surface area contributed by atoms with E-state index in [0.29, 0.717) is 40.3 Å². The van der Waals surface area contributed by atoms with Gasteiger partial charge < -0.3 is 20.1 Å². The van der Waals surface area contributed by atoms with E-state index in [1.165, 1.54) is 6.21 Å². The molecule has 2 aromatic rings. The Morgan fingerprint density at radius 3 is 2.34 bits per heavy atom. The van der Waals surface area contributed by atoms with Crippen molar-refractivity contribution in [3.63, 3.8) is 0 Å². The molecule has 0 aliphatic heterocycles. The van der Waals surface area contributed by atoms with Crippen molar-refractivity contribution >= 4 is 45.6 Å². The van der Waals surface area contributed by atoms with Crippen molar-refractivity contribution in [2.75, 3.05) is 18.5 Å². The van der Waals surface area contributed by atoms with Gasteiger partial charge in [-0.15, -0.1) is 0 Å². The molecule has 0 saturated carbocycles. The predicted molar refractivity (Wildman–Crippen MR) is 139 cm³/mol. The number of rotatable bonds is 10. The number of carbonyl (C=O) groups excluding carboxylic acids is 3. The van der Waals surface area contributed by atoms with Crippen LogP contribution in [0.5, 0.6) is 11.5 Å². The Morgan fingerprint density at radius 2 is 1.71 bits per heavy atom. The molecule has 0 aliphatic rings. The summed E-state index contributed by atoms with van der Waals surface area (Å²) in [6.07, 6.45) is 2.08. The fraction of sp³-hybridized carbons (Fsp3) is 0.360. The molecule has 0 radical (unpaired) electrons. The number of nitrogens with zero attached hydrogens (tertiary/aromatic N) is 1. The van der Waals surface area contributed by atoms with Gasteiger partial charge in [0.05, 0.1) is 17.3 Å². The second kappa shape index (κ2) is 13.5. The van der Waals surface area contributed by atoms with E-state index >= 15 is 0 Å². The van der Waals surface area contributed by atoms with E-state index in [-0.39, 0.29) is 18.6 Å². The Bertz CT molecular complexity index is 1080. The minimum Gasteiger partial charge on any atom is -0.490 e. The van der Waals surface area contributed by atoms with Crippen LogP contribution in [0.15, 0.2) is 39.9 Å². The number of nitrogens with one attached hydrogen (secondary N) is 3. The van der Waals surface area contributed by atoms with Crippen LogP contribution in [0.3, 0.4) is 0 Å². The Morgan fingerprint density at radius 1 is 1.03 bits per heavy atom. The maximum absolute atomic E-state index is 12.4. The predicted octanol–water partition coefficient (Wildman–Crippen LogP) is 3.85. The maximum atomic E-state index is 12.4. The molecule has 3 amide bonds. The van der Waals surface area contributed by atoms with Gasteiger partial charge in [0.15, 0.2) is 18.1 Å². The third-order valence-corrected chi connectivity index (χ3v) is 5.35. The van der Waals surface area contributed by atoms with Crippen LogP contribution in [0.25, 0.3) is 0 Å². The van der Waals surface area contributed by atoms with Crippen LogP contribution >= 0.6 is 15.9 Å². The first kappa shape index (κ1) is 27.8. The van der Waals surface area contributed by atoms with E-state index in [9.17, 15) is 14.4 Å². The number of amides is 3. The van der Waals surface area contributed by atoms with Crippen molar-refractivity contribution in [2.24, 2.45) is 5.10 Å². The molecule has 3 N–H and O–H groups in total. The zero-order valence-corrected chi connectivity index (χ0v) is 22.1. The lowest BCUT2D eigenvalue weighted by atomic mass is 10.1. The summed E-state index contributed by atoms with van der Waals surface area (Å²) in [5, 5.41) is 9.22. The number of anilines is 1. The summed E-state index contributed by atoms with van der Waals surface area (Å²) in [5.41, 5.74) is 5.57. The molecule has 0 aliphatic carbocycles. The van der Waals surface area contributed by atoms with Gasteiger partial charge in [-0.3, -0.25) is 14.4 Å². The average Bonchev–Trinajstić information content (AvgIpc) is 2.77. The molecular weight excluding hydrogens is 516 g/mol. The van der Waals surface area contributed by atoms with Crippen LogP contribution in [-0.4, -0.2) is 43.2 Å². The highest BCUT2D eigenvalue weighted by Crippen LogP contribution is 2.36. The molecule has 0 fully saturated rings. The lowest BCUT2D eigenvalue weighted by molar-refractivity contribution is -0.139. The van der Waals surface area contributed by atoms with Gasteiger partial charge in [-0.25, -0.2) is 5.43 Å². The highest BCUT2D eigenvalue weighted by molar-refractivity contribution is 9.10. The van der Waals surface area contributed by atoms with Gasteiger partial charge in [0.25, 0.3) is 5.91 Å². The van der Waals surface area contributed by atoms with E-state index < -0.39 is 11.8 Å². The van der Waals surface area contributed by atoms with Gasteiger partial charge in [-0.2, -0.15) is 5.10 Å². The van der Waals surface area contributed by atoms with Gasteiger partial charge in [0.1, 0.15) is 0 Å². The van der Waals surface area contributed by atoms with Crippen molar-refractivity contribution in [2.45, 2.75) is 47.1 Å². The van der Waals surface area contributed by atoms with Gasteiger partial charge in [-0.1, -0.05) is 13.0 Å². The molecule has 10 heteroatoms. The third-order valence-electron chi connectivity index (χ3n) is 4.76. The Labute approximate surface area is 213 Å². The largest absolute Gasteiger partial charge is 0.490 e. The van der Waals surface area contributed by atoms with Crippen molar-refractivity contribution in [3.8, 4) is 11.5 Å². The normalized spacial score (nSPS) is 11.6. The lowest BCUT2D eigenvalue weighted by Crippen LogP contribution is -2.41. The van der Waals surface area contributed by atoms with Gasteiger partial charge in [0.2, 0.25) is 0 Å². The van der Waals surface area contributed by atoms with Gasteiger partial charge in [-0.05, 0) is 91.0 Å². The molecule has 0 bridgehead atoms. The molecule has 0 unspecified atom stereocenters. The van der Waals surface area contributed by atoms with Crippen LogP contribution < -0.4 is 25.5 Å². The van der Waals surface area contributed by atoms with E-state index in [0.717, 1.165) is 11.1 Å². The highest BCUT2D eigenvalue weighted by Gasteiger charge is 2.16.